The van der Waals surface area contributed by atoms with Crippen LogP contribution in [0.25, 0.3) is 16.7 Å². The fourth-order valence-electron chi connectivity index (χ4n) is 5.08. The molecule has 180 valence electrons. The highest BCUT2D eigenvalue weighted by atomic mass is 35.5. The van der Waals surface area contributed by atoms with Crippen molar-refractivity contribution in [2.45, 2.75) is 38.8 Å². The van der Waals surface area contributed by atoms with Crippen LogP contribution < -0.4 is 5.32 Å². The zero-order valence-corrected chi connectivity index (χ0v) is 20.8. The van der Waals surface area contributed by atoms with Gasteiger partial charge in [0.05, 0.1) is 39.4 Å². The number of fused-ring (bicyclic) bond motifs is 3. The van der Waals surface area contributed by atoms with E-state index in [0.717, 1.165) is 41.0 Å². The van der Waals surface area contributed by atoms with Gasteiger partial charge in [-0.3, -0.25) is 4.79 Å². The molecule has 1 N–H and O–H groups in total. The van der Waals surface area contributed by atoms with Gasteiger partial charge >= 0.3 is 0 Å². The Bertz CT molecular complexity index is 1610. The van der Waals surface area contributed by atoms with Gasteiger partial charge in [0.2, 0.25) is 0 Å². The third-order valence-electron chi connectivity index (χ3n) is 6.93. The first-order valence-corrected chi connectivity index (χ1v) is 12.3. The van der Waals surface area contributed by atoms with E-state index in [-0.39, 0.29) is 5.91 Å². The van der Waals surface area contributed by atoms with E-state index in [2.05, 4.69) is 57.2 Å². The summed E-state index contributed by atoms with van der Waals surface area (Å²) in [6.07, 6.45) is 3.11. The van der Waals surface area contributed by atoms with Crippen molar-refractivity contribution in [2.24, 2.45) is 0 Å². The smallest absolute Gasteiger partial charge is 0.253 e. The summed E-state index contributed by atoms with van der Waals surface area (Å²) in [4.78, 5) is 22.7. The van der Waals surface area contributed by atoms with E-state index in [1.165, 1.54) is 5.56 Å². The predicted molar refractivity (Wildman–Crippen MR) is 139 cm³/mol. The lowest BCUT2D eigenvalue weighted by Crippen LogP contribution is -2.51. The molecule has 0 bridgehead atoms. The summed E-state index contributed by atoms with van der Waals surface area (Å²) < 4.78 is 3.88. The van der Waals surface area contributed by atoms with Crippen molar-refractivity contribution in [3.05, 3.63) is 106 Å². The molecule has 36 heavy (non-hydrogen) atoms. The molecule has 1 atom stereocenters. The van der Waals surface area contributed by atoms with Gasteiger partial charge in [-0.05, 0) is 61.7 Å². The van der Waals surface area contributed by atoms with E-state index >= 15 is 0 Å². The van der Waals surface area contributed by atoms with Gasteiger partial charge in [0.25, 0.3) is 5.91 Å². The van der Waals surface area contributed by atoms with Crippen LogP contribution in [0, 0.1) is 13.8 Å². The molecule has 5 aromatic rings. The Hall–Kier alpha value is -3.97. The maximum atomic E-state index is 13.7. The van der Waals surface area contributed by atoms with Crippen molar-refractivity contribution in [2.75, 3.05) is 0 Å². The Morgan fingerprint density at radius 1 is 1.06 bits per heavy atom. The number of rotatable bonds is 4. The normalized spacial score (nSPS) is 17.2. The Morgan fingerprint density at radius 3 is 2.64 bits per heavy atom. The van der Waals surface area contributed by atoms with Crippen molar-refractivity contribution in [1.82, 2.24) is 29.6 Å². The van der Waals surface area contributed by atoms with Gasteiger partial charge in [0, 0.05) is 6.42 Å². The number of nitrogens with one attached hydrogen (secondary N) is 1. The second-order valence-electron chi connectivity index (χ2n) is 9.41. The Balaban J connectivity index is 1.37. The van der Waals surface area contributed by atoms with E-state index in [9.17, 15) is 4.79 Å². The number of nitrogens with zero attached hydrogens (tertiary/aromatic N) is 5. The number of carbonyl (C=O) groups excluding carboxylic acids is 1. The highest BCUT2D eigenvalue weighted by Crippen LogP contribution is 2.36. The number of benzene rings is 3. The van der Waals surface area contributed by atoms with Gasteiger partial charge in [0.1, 0.15) is 18.0 Å². The Morgan fingerprint density at radius 2 is 1.89 bits per heavy atom. The number of amides is 1. The average molecular weight is 497 g/mol. The second-order valence-corrected chi connectivity index (χ2v) is 9.82. The quantitative estimate of drug-likeness (QED) is 0.373. The number of imidazole rings is 1. The molecule has 1 aliphatic rings. The molecule has 6 rings (SSSR count). The first-order chi connectivity index (χ1) is 17.4. The summed E-state index contributed by atoms with van der Waals surface area (Å²) in [5, 5.41) is 8.06. The molecule has 1 aliphatic heterocycles. The minimum Gasteiger partial charge on any atom is -0.341 e. The largest absolute Gasteiger partial charge is 0.341 e. The number of hydrogen-bond donors (Lipinski definition) is 1. The van der Waals surface area contributed by atoms with E-state index in [0.29, 0.717) is 23.0 Å². The standard InChI is InChI=1S/C28H25ClN6O/c1-18-8-11-25-24(14-18)31-26-12-13-28(16-34(25)26,20-6-4-3-5-7-20)32-27(36)22-10-9-21(15-23(22)29)35-17-30-19(2)33-35/h3-11,14-15,17H,12-13,16H2,1-2H3,(H,32,36)/t28-/m1/s1. The Kier molecular flexibility index (Phi) is 5.38. The topological polar surface area (TPSA) is 77.6 Å². The highest BCUT2D eigenvalue weighted by molar-refractivity contribution is 6.34. The lowest BCUT2D eigenvalue weighted by Gasteiger charge is -2.39. The van der Waals surface area contributed by atoms with E-state index < -0.39 is 5.54 Å². The number of halogens is 1. The van der Waals surface area contributed by atoms with Gasteiger partial charge in [-0.15, -0.1) is 0 Å². The maximum absolute atomic E-state index is 13.7. The van der Waals surface area contributed by atoms with Crippen LogP contribution in [-0.2, 0) is 18.5 Å². The van der Waals surface area contributed by atoms with E-state index in [1.54, 1.807) is 23.1 Å². The Labute approximate surface area is 213 Å². The monoisotopic (exact) mass is 496 g/mol. The second kappa shape index (κ2) is 8.60. The molecular formula is C28H25ClN6O. The van der Waals surface area contributed by atoms with Crippen molar-refractivity contribution in [3.63, 3.8) is 0 Å². The fourth-order valence-corrected chi connectivity index (χ4v) is 5.34. The van der Waals surface area contributed by atoms with Crippen LogP contribution in [0.15, 0.2) is 73.1 Å². The summed E-state index contributed by atoms with van der Waals surface area (Å²) in [5.41, 5.74) is 4.87. The summed E-state index contributed by atoms with van der Waals surface area (Å²) >= 11 is 6.61. The van der Waals surface area contributed by atoms with E-state index in [4.69, 9.17) is 16.6 Å². The number of carbonyl (C=O) groups is 1. The number of aryl methyl sites for hydroxylation is 3. The van der Waals surface area contributed by atoms with Crippen LogP contribution in [0.3, 0.4) is 0 Å². The zero-order chi connectivity index (χ0) is 24.9. The molecule has 8 heteroatoms. The molecule has 3 aromatic carbocycles. The summed E-state index contributed by atoms with van der Waals surface area (Å²) in [7, 11) is 0. The van der Waals surface area contributed by atoms with Crippen LogP contribution in [0.2, 0.25) is 5.02 Å². The fraction of sp³-hybridized carbons (Fsp3) is 0.214. The molecule has 7 nitrogen and oxygen atoms in total. The summed E-state index contributed by atoms with van der Waals surface area (Å²) in [6.45, 7) is 4.49. The number of hydrogen-bond acceptors (Lipinski definition) is 4. The van der Waals surface area contributed by atoms with Gasteiger partial charge in [0.15, 0.2) is 0 Å². The molecular weight excluding hydrogens is 472 g/mol. The first kappa shape index (κ1) is 22.5. The van der Waals surface area contributed by atoms with Crippen molar-refractivity contribution >= 4 is 28.5 Å². The molecule has 0 saturated carbocycles. The molecule has 0 saturated heterocycles. The van der Waals surface area contributed by atoms with Gasteiger partial charge < -0.3 is 9.88 Å². The first-order valence-electron chi connectivity index (χ1n) is 11.9. The third-order valence-corrected chi connectivity index (χ3v) is 7.25. The third kappa shape index (κ3) is 3.85. The molecule has 2 aromatic heterocycles. The molecule has 0 fully saturated rings. The molecule has 0 spiro atoms. The van der Waals surface area contributed by atoms with Gasteiger partial charge in [-0.2, -0.15) is 5.10 Å². The van der Waals surface area contributed by atoms with Gasteiger partial charge in [-0.1, -0.05) is 48.0 Å². The minimum atomic E-state index is -0.602. The van der Waals surface area contributed by atoms with Crippen LogP contribution >= 0.6 is 11.6 Å². The van der Waals surface area contributed by atoms with Crippen molar-refractivity contribution in [1.29, 1.82) is 0 Å². The number of aromatic nitrogens is 5. The average Bonchev–Trinajstić information content (AvgIpc) is 3.47. The van der Waals surface area contributed by atoms with Crippen molar-refractivity contribution in [3.8, 4) is 5.69 Å². The minimum absolute atomic E-state index is 0.214. The van der Waals surface area contributed by atoms with Crippen LogP contribution in [0.4, 0.5) is 0 Å². The summed E-state index contributed by atoms with van der Waals surface area (Å²) in [6, 6.07) is 21.8. The molecule has 0 aliphatic carbocycles. The zero-order valence-electron chi connectivity index (χ0n) is 20.1. The molecule has 0 unspecified atom stereocenters. The highest BCUT2D eigenvalue weighted by Gasteiger charge is 2.39. The lowest BCUT2D eigenvalue weighted by molar-refractivity contribution is 0.0867. The lowest BCUT2D eigenvalue weighted by atomic mass is 9.82. The predicted octanol–water partition coefficient (Wildman–Crippen LogP) is 5.16. The van der Waals surface area contributed by atoms with Crippen LogP contribution in [0.1, 0.15) is 39.6 Å². The SMILES string of the molecule is Cc1ccc2c(c1)nc1n2C[C@@](NC(=O)c2ccc(-n3cnc(C)n3)cc2Cl)(c2ccccc2)CC1. The molecule has 3 heterocycles. The maximum Gasteiger partial charge on any atom is 0.253 e. The van der Waals surface area contributed by atoms with Crippen LogP contribution in [-0.4, -0.2) is 30.2 Å². The van der Waals surface area contributed by atoms with Crippen molar-refractivity contribution < 1.29 is 4.79 Å². The molecule has 1 amide bonds. The molecule has 0 radical (unpaired) electrons. The van der Waals surface area contributed by atoms with E-state index in [1.807, 2.05) is 31.2 Å². The summed E-state index contributed by atoms with van der Waals surface area (Å²) in [5.74, 6) is 1.49. The van der Waals surface area contributed by atoms with Gasteiger partial charge in [-0.25, -0.2) is 14.6 Å². The van der Waals surface area contributed by atoms with Crippen LogP contribution in [0.5, 0.6) is 0 Å².